The predicted octanol–water partition coefficient (Wildman–Crippen LogP) is 3.05. The Morgan fingerprint density at radius 1 is 1.06 bits per heavy atom. The first-order valence-corrected chi connectivity index (χ1v) is 5.31. The van der Waals surface area contributed by atoms with E-state index < -0.39 is 11.8 Å². The molecule has 0 bridgehead atoms. The largest absolute Gasteiger partial charge is 0.497 e. The molecular weight excluding hydrogens is 235 g/mol. The SMILES string of the molecule is COc1cccc(C(=O)Oc2cccc(F)c2)c1. The summed E-state index contributed by atoms with van der Waals surface area (Å²) in [6.07, 6.45) is 0. The number of hydrogen-bond donors (Lipinski definition) is 0. The van der Waals surface area contributed by atoms with E-state index in [0.29, 0.717) is 11.3 Å². The maximum atomic E-state index is 12.9. The monoisotopic (exact) mass is 246 g/mol. The lowest BCUT2D eigenvalue weighted by molar-refractivity contribution is 0.0734. The molecular formula is C14H11FO3. The molecule has 18 heavy (non-hydrogen) atoms. The van der Waals surface area contributed by atoms with Crippen LogP contribution < -0.4 is 9.47 Å². The topological polar surface area (TPSA) is 35.5 Å². The fourth-order valence-corrected chi connectivity index (χ4v) is 1.45. The summed E-state index contributed by atoms with van der Waals surface area (Å²) in [5.41, 5.74) is 0.346. The number of hydrogen-bond acceptors (Lipinski definition) is 3. The molecule has 2 rings (SSSR count). The highest BCUT2D eigenvalue weighted by Gasteiger charge is 2.09. The summed E-state index contributed by atoms with van der Waals surface area (Å²) < 4.78 is 23.0. The van der Waals surface area contributed by atoms with Crippen molar-refractivity contribution in [3.63, 3.8) is 0 Å². The van der Waals surface area contributed by atoms with Crippen molar-refractivity contribution in [1.82, 2.24) is 0 Å². The highest BCUT2D eigenvalue weighted by Crippen LogP contribution is 2.17. The van der Waals surface area contributed by atoms with Gasteiger partial charge in [-0.05, 0) is 30.3 Å². The Bertz CT molecular complexity index is 566. The third-order valence-corrected chi connectivity index (χ3v) is 2.31. The molecule has 0 amide bonds. The number of benzene rings is 2. The third-order valence-electron chi connectivity index (χ3n) is 2.31. The lowest BCUT2D eigenvalue weighted by Gasteiger charge is -2.05. The maximum Gasteiger partial charge on any atom is 0.343 e. The average Bonchev–Trinajstić information content (AvgIpc) is 2.39. The first-order chi connectivity index (χ1) is 8.69. The standard InChI is InChI=1S/C14H11FO3/c1-17-12-6-2-4-10(8-12)14(16)18-13-7-3-5-11(15)9-13/h2-9H,1H3. The molecule has 0 aliphatic carbocycles. The zero-order valence-corrected chi connectivity index (χ0v) is 9.72. The van der Waals surface area contributed by atoms with Crippen molar-refractivity contribution in [1.29, 1.82) is 0 Å². The number of carbonyl (C=O) groups is 1. The van der Waals surface area contributed by atoms with Crippen molar-refractivity contribution >= 4 is 5.97 Å². The van der Waals surface area contributed by atoms with Gasteiger partial charge in [-0.15, -0.1) is 0 Å². The minimum Gasteiger partial charge on any atom is -0.497 e. The van der Waals surface area contributed by atoms with Gasteiger partial charge in [0.15, 0.2) is 0 Å². The van der Waals surface area contributed by atoms with Gasteiger partial charge in [-0.3, -0.25) is 0 Å². The lowest BCUT2D eigenvalue weighted by Crippen LogP contribution is -2.08. The van der Waals surface area contributed by atoms with E-state index in [1.807, 2.05) is 0 Å². The lowest BCUT2D eigenvalue weighted by atomic mass is 10.2. The number of methoxy groups -OCH3 is 1. The van der Waals surface area contributed by atoms with Gasteiger partial charge in [-0.2, -0.15) is 0 Å². The zero-order chi connectivity index (χ0) is 13.0. The van der Waals surface area contributed by atoms with E-state index in [1.165, 1.54) is 25.3 Å². The van der Waals surface area contributed by atoms with Crippen LogP contribution in [0.3, 0.4) is 0 Å². The summed E-state index contributed by atoms with van der Waals surface area (Å²) in [6, 6.07) is 12.0. The Hall–Kier alpha value is -2.36. The molecule has 0 saturated carbocycles. The van der Waals surface area contributed by atoms with E-state index in [1.54, 1.807) is 24.3 Å². The first kappa shape index (κ1) is 12.1. The van der Waals surface area contributed by atoms with Crippen LogP contribution in [0.4, 0.5) is 4.39 Å². The Labute approximate surface area is 104 Å². The average molecular weight is 246 g/mol. The minimum atomic E-state index is -0.556. The highest BCUT2D eigenvalue weighted by atomic mass is 19.1. The van der Waals surface area contributed by atoms with Crippen molar-refractivity contribution < 1.29 is 18.7 Å². The molecule has 0 spiro atoms. The van der Waals surface area contributed by atoms with E-state index in [2.05, 4.69) is 0 Å². The van der Waals surface area contributed by atoms with Gasteiger partial charge in [0.25, 0.3) is 0 Å². The fraction of sp³-hybridized carbons (Fsp3) is 0.0714. The second-order valence-electron chi connectivity index (χ2n) is 3.58. The molecule has 0 saturated heterocycles. The Morgan fingerprint density at radius 3 is 2.50 bits per heavy atom. The van der Waals surface area contributed by atoms with Gasteiger partial charge in [0.2, 0.25) is 0 Å². The van der Waals surface area contributed by atoms with Gasteiger partial charge < -0.3 is 9.47 Å². The highest BCUT2D eigenvalue weighted by molar-refractivity contribution is 5.91. The summed E-state index contributed by atoms with van der Waals surface area (Å²) >= 11 is 0. The van der Waals surface area contributed by atoms with Crippen molar-refractivity contribution in [2.24, 2.45) is 0 Å². The number of ether oxygens (including phenoxy) is 2. The number of rotatable bonds is 3. The number of carbonyl (C=O) groups excluding carboxylic acids is 1. The van der Waals surface area contributed by atoms with Crippen LogP contribution in [0.5, 0.6) is 11.5 Å². The summed E-state index contributed by atoms with van der Waals surface area (Å²) in [7, 11) is 1.51. The second-order valence-corrected chi connectivity index (χ2v) is 3.58. The van der Waals surface area contributed by atoms with Crippen LogP contribution in [0.2, 0.25) is 0 Å². The number of esters is 1. The molecule has 0 unspecified atom stereocenters. The van der Waals surface area contributed by atoms with Crippen LogP contribution in [-0.2, 0) is 0 Å². The van der Waals surface area contributed by atoms with Gasteiger partial charge in [0.05, 0.1) is 12.7 Å². The Kier molecular flexibility index (Phi) is 3.57. The zero-order valence-electron chi connectivity index (χ0n) is 9.72. The molecule has 0 fully saturated rings. The molecule has 0 heterocycles. The van der Waals surface area contributed by atoms with Gasteiger partial charge in [0, 0.05) is 6.07 Å². The van der Waals surface area contributed by atoms with Crippen LogP contribution in [0, 0.1) is 5.82 Å². The fourth-order valence-electron chi connectivity index (χ4n) is 1.45. The molecule has 92 valence electrons. The summed E-state index contributed by atoms with van der Waals surface area (Å²) in [6.45, 7) is 0. The normalized spacial score (nSPS) is 9.89. The van der Waals surface area contributed by atoms with Gasteiger partial charge in [-0.1, -0.05) is 12.1 Å². The van der Waals surface area contributed by atoms with Crippen molar-refractivity contribution in [2.75, 3.05) is 7.11 Å². The second kappa shape index (κ2) is 5.31. The van der Waals surface area contributed by atoms with Gasteiger partial charge in [0.1, 0.15) is 17.3 Å². The molecule has 2 aromatic rings. The quantitative estimate of drug-likeness (QED) is 0.616. The maximum absolute atomic E-state index is 12.9. The smallest absolute Gasteiger partial charge is 0.343 e. The van der Waals surface area contributed by atoms with Crippen molar-refractivity contribution in [2.45, 2.75) is 0 Å². The van der Waals surface area contributed by atoms with E-state index >= 15 is 0 Å². The number of halogens is 1. The Balaban J connectivity index is 2.16. The van der Waals surface area contributed by atoms with Crippen molar-refractivity contribution in [3.05, 3.63) is 59.9 Å². The van der Waals surface area contributed by atoms with Crippen molar-refractivity contribution in [3.8, 4) is 11.5 Å². The van der Waals surface area contributed by atoms with E-state index in [4.69, 9.17) is 9.47 Å². The van der Waals surface area contributed by atoms with Gasteiger partial charge in [-0.25, -0.2) is 9.18 Å². The molecule has 2 aromatic carbocycles. The predicted molar refractivity (Wildman–Crippen MR) is 64.4 cm³/mol. The van der Waals surface area contributed by atoms with E-state index in [9.17, 15) is 9.18 Å². The molecule has 0 radical (unpaired) electrons. The molecule has 0 atom stereocenters. The molecule has 0 N–H and O–H groups in total. The Morgan fingerprint density at radius 2 is 1.78 bits per heavy atom. The summed E-state index contributed by atoms with van der Waals surface area (Å²) in [5.74, 6) is -0.281. The van der Waals surface area contributed by atoms with E-state index in [0.717, 1.165) is 6.07 Å². The summed E-state index contributed by atoms with van der Waals surface area (Å²) in [4.78, 5) is 11.8. The minimum absolute atomic E-state index is 0.169. The molecule has 4 heteroatoms. The molecule has 0 aromatic heterocycles. The van der Waals surface area contributed by atoms with Crippen LogP contribution in [-0.4, -0.2) is 13.1 Å². The summed E-state index contributed by atoms with van der Waals surface area (Å²) in [5, 5.41) is 0. The van der Waals surface area contributed by atoms with Gasteiger partial charge >= 0.3 is 5.97 Å². The molecule has 0 aliphatic heterocycles. The van der Waals surface area contributed by atoms with Crippen LogP contribution in [0.25, 0.3) is 0 Å². The molecule has 3 nitrogen and oxygen atoms in total. The van der Waals surface area contributed by atoms with Crippen LogP contribution in [0.15, 0.2) is 48.5 Å². The van der Waals surface area contributed by atoms with Crippen LogP contribution >= 0.6 is 0 Å². The van der Waals surface area contributed by atoms with E-state index in [-0.39, 0.29) is 5.75 Å². The third kappa shape index (κ3) is 2.85. The first-order valence-electron chi connectivity index (χ1n) is 5.31. The van der Waals surface area contributed by atoms with Crippen LogP contribution in [0.1, 0.15) is 10.4 Å². The molecule has 0 aliphatic rings.